The molecule has 0 bridgehead atoms. The van der Waals surface area contributed by atoms with Crippen LogP contribution in [0.5, 0.6) is 0 Å². The predicted molar refractivity (Wildman–Crippen MR) is 96.6 cm³/mol. The maximum atomic E-state index is 4.83. The van der Waals surface area contributed by atoms with E-state index in [1.807, 2.05) is 42.5 Å². The van der Waals surface area contributed by atoms with Gasteiger partial charge in [-0.2, -0.15) is 4.98 Å². The molecule has 0 atom stereocenters. The molecule has 0 aliphatic rings. The van der Waals surface area contributed by atoms with E-state index in [0.29, 0.717) is 11.6 Å². The van der Waals surface area contributed by atoms with Gasteiger partial charge in [0, 0.05) is 29.8 Å². The Labute approximate surface area is 140 Å². The minimum Gasteiger partial charge on any atom is -0.357 e. The summed E-state index contributed by atoms with van der Waals surface area (Å²) in [5.41, 5.74) is 4.81. The van der Waals surface area contributed by atoms with Crippen LogP contribution in [-0.4, -0.2) is 22.0 Å². The third-order valence-corrected chi connectivity index (χ3v) is 3.87. The molecule has 2 heterocycles. The number of aromatic nitrogens is 3. The Morgan fingerprint density at radius 1 is 0.917 bits per heavy atom. The summed E-state index contributed by atoms with van der Waals surface area (Å²) in [5.74, 6) is 0.565. The second kappa shape index (κ2) is 6.08. The lowest BCUT2D eigenvalue weighted by Crippen LogP contribution is -1.99. The lowest BCUT2D eigenvalue weighted by Gasteiger charge is -2.11. The van der Waals surface area contributed by atoms with E-state index in [-0.39, 0.29) is 0 Å². The van der Waals surface area contributed by atoms with Crippen LogP contribution < -0.4 is 5.32 Å². The lowest BCUT2D eigenvalue weighted by molar-refractivity contribution is 1.17. The molecule has 0 aliphatic carbocycles. The molecule has 0 unspecified atom stereocenters. The molecule has 4 rings (SSSR count). The highest BCUT2D eigenvalue weighted by Crippen LogP contribution is 2.32. The zero-order valence-electron chi connectivity index (χ0n) is 13.2. The number of rotatable bonds is 3. The average Bonchev–Trinajstić information content (AvgIpc) is 2.68. The van der Waals surface area contributed by atoms with Crippen molar-refractivity contribution in [2.45, 2.75) is 0 Å². The zero-order valence-corrected chi connectivity index (χ0v) is 13.2. The molecule has 4 heteroatoms. The van der Waals surface area contributed by atoms with Gasteiger partial charge < -0.3 is 5.32 Å². The first-order valence-electron chi connectivity index (χ1n) is 7.72. The van der Waals surface area contributed by atoms with Crippen molar-refractivity contribution in [3.63, 3.8) is 0 Å². The van der Waals surface area contributed by atoms with Crippen LogP contribution in [0.15, 0.2) is 66.9 Å². The highest BCUT2D eigenvalue weighted by Gasteiger charge is 2.12. The van der Waals surface area contributed by atoms with E-state index in [9.17, 15) is 0 Å². The van der Waals surface area contributed by atoms with Gasteiger partial charge in [-0.15, -0.1) is 0 Å². The fourth-order valence-electron chi connectivity index (χ4n) is 2.69. The largest absolute Gasteiger partial charge is 0.357 e. The smallest absolute Gasteiger partial charge is 0.224 e. The monoisotopic (exact) mass is 311 g/mol. The van der Waals surface area contributed by atoms with Crippen molar-refractivity contribution < 1.29 is 0 Å². The molecule has 0 saturated carbocycles. The van der Waals surface area contributed by atoms with Crippen LogP contribution in [0.3, 0.4) is 0 Å². The lowest BCUT2D eigenvalue weighted by atomic mass is 9.98. The average molecular weight is 311 g/mol. The Kier molecular flexibility index (Phi) is 3.63. The van der Waals surface area contributed by atoms with Crippen molar-refractivity contribution in [3.05, 3.63) is 72.9 Å². The second-order valence-electron chi connectivity index (χ2n) is 5.40. The van der Waals surface area contributed by atoms with Gasteiger partial charge in [0.2, 0.25) is 5.95 Å². The van der Waals surface area contributed by atoms with Crippen LogP contribution >= 0.6 is 0 Å². The molecule has 115 valence electrons. The molecule has 2 aromatic carbocycles. The Morgan fingerprint density at radius 3 is 2.46 bits per heavy atom. The van der Waals surface area contributed by atoms with E-state index in [4.69, 9.17) is 4.98 Å². The molecule has 1 N–H and O–H groups in total. The third-order valence-electron chi connectivity index (χ3n) is 3.87. The SMILES string of the molecule is CNc1ncc2cc(-c3ccccc3)c(-c3cc[c]cc3)nc2n1. The number of nitrogens with one attached hydrogen (secondary N) is 1. The summed E-state index contributed by atoms with van der Waals surface area (Å²) in [5, 5.41) is 3.87. The fraction of sp³-hybridized carbons (Fsp3) is 0.0500. The van der Waals surface area contributed by atoms with Crippen molar-refractivity contribution >= 4 is 17.0 Å². The van der Waals surface area contributed by atoms with Crippen molar-refractivity contribution in [1.29, 1.82) is 0 Å². The highest BCUT2D eigenvalue weighted by atomic mass is 15.1. The molecular weight excluding hydrogens is 296 g/mol. The quantitative estimate of drug-likeness (QED) is 0.616. The summed E-state index contributed by atoms with van der Waals surface area (Å²) in [7, 11) is 1.80. The molecule has 0 aliphatic heterocycles. The molecule has 0 amide bonds. The molecule has 0 spiro atoms. The predicted octanol–water partition coefficient (Wildman–Crippen LogP) is 4.20. The standard InChI is InChI=1S/C20H15N4/c1-21-20-22-13-16-12-17(14-8-4-2-5-9-14)18(23-19(16)24-20)15-10-6-3-7-11-15/h2,4-13H,1H3,(H,21,22,23,24). The van der Waals surface area contributed by atoms with Gasteiger partial charge in [-0.1, -0.05) is 54.6 Å². The maximum absolute atomic E-state index is 4.83. The molecule has 0 saturated heterocycles. The number of nitrogens with zero attached hydrogens (tertiary/aromatic N) is 3. The van der Waals surface area contributed by atoms with Crippen molar-refractivity contribution in [2.24, 2.45) is 0 Å². The van der Waals surface area contributed by atoms with Gasteiger partial charge in [0.1, 0.15) is 0 Å². The van der Waals surface area contributed by atoms with E-state index < -0.39 is 0 Å². The first-order chi connectivity index (χ1) is 11.8. The van der Waals surface area contributed by atoms with Crippen LogP contribution in [0.4, 0.5) is 5.95 Å². The molecular formula is C20H15N4. The van der Waals surface area contributed by atoms with Gasteiger partial charge in [-0.05, 0) is 17.7 Å². The number of pyridine rings is 1. The normalized spacial score (nSPS) is 10.7. The van der Waals surface area contributed by atoms with Crippen LogP contribution in [0.2, 0.25) is 0 Å². The van der Waals surface area contributed by atoms with Gasteiger partial charge >= 0.3 is 0 Å². The molecule has 4 nitrogen and oxygen atoms in total. The molecule has 0 fully saturated rings. The number of fused-ring (bicyclic) bond motifs is 1. The summed E-state index contributed by atoms with van der Waals surface area (Å²) >= 11 is 0. The van der Waals surface area contributed by atoms with Crippen molar-refractivity contribution in [2.75, 3.05) is 12.4 Å². The van der Waals surface area contributed by atoms with Gasteiger partial charge in [0.25, 0.3) is 0 Å². The third kappa shape index (κ3) is 2.58. The summed E-state index contributed by atoms with van der Waals surface area (Å²) < 4.78 is 0. The maximum Gasteiger partial charge on any atom is 0.224 e. The summed E-state index contributed by atoms with van der Waals surface area (Å²) in [4.78, 5) is 13.6. The van der Waals surface area contributed by atoms with Crippen LogP contribution in [-0.2, 0) is 0 Å². The van der Waals surface area contributed by atoms with Gasteiger partial charge in [-0.25, -0.2) is 9.97 Å². The molecule has 1 radical (unpaired) electrons. The van der Waals surface area contributed by atoms with E-state index in [0.717, 1.165) is 27.8 Å². The van der Waals surface area contributed by atoms with Gasteiger partial charge in [0.05, 0.1) is 5.69 Å². The topological polar surface area (TPSA) is 50.7 Å². The Morgan fingerprint density at radius 2 is 1.71 bits per heavy atom. The zero-order chi connectivity index (χ0) is 16.4. The second-order valence-corrected chi connectivity index (χ2v) is 5.40. The van der Waals surface area contributed by atoms with Crippen LogP contribution in [0.1, 0.15) is 0 Å². The summed E-state index contributed by atoms with van der Waals surface area (Å²) in [6, 6.07) is 23.2. The van der Waals surface area contributed by atoms with Crippen LogP contribution in [0, 0.1) is 6.07 Å². The molecule has 24 heavy (non-hydrogen) atoms. The molecule has 2 aromatic heterocycles. The Balaban J connectivity index is 2.02. The van der Waals surface area contributed by atoms with E-state index in [1.54, 1.807) is 13.2 Å². The first-order valence-corrected chi connectivity index (χ1v) is 7.72. The van der Waals surface area contributed by atoms with Crippen molar-refractivity contribution in [3.8, 4) is 22.4 Å². The summed E-state index contributed by atoms with van der Waals surface area (Å²) in [6.45, 7) is 0. The number of anilines is 1. The van der Waals surface area contributed by atoms with Gasteiger partial charge in [0.15, 0.2) is 5.65 Å². The van der Waals surface area contributed by atoms with E-state index in [1.165, 1.54) is 0 Å². The summed E-state index contributed by atoms with van der Waals surface area (Å²) in [6.07, 6.45) is 1.80. The van der Waals surface area contributed by atoms with Crippen LogP contribution in [0.25, 0.3) is 33.4 Å². The van der Waals surface area contributed by atoms with Crippen molar-refractivity contribution in [1.82, 2.24) is 15.0 Å². The minimum absolute atomic E-state index is 0.565. The Bertz CT molecular complexity index is 982. The Hall–Kier alpha value is -3.27. The minimum atomic E-state index is 0.565. The molecule has 4 aromatic rings. The first kappa shape index (κ1) is 14.3. The number of benzene rings is 2. The van der Waals surface area contributed by atoms with E-state index >= 15 is 0 Å². The number of hydrogen-bond acceptors (Lipinski definition) is 4. The van der Waals surface area contributed by atoms with E-state index in [2.05, 4.69) is 39.6 Å². The highest BCUT2D eigenvalue weighted by molar-refractivity contribution is 5.90. The fourth-order valence-corrected chi connectivity index (χ4v) is 2.69. The number of hydrogen-bond donors (Lipinski definition) is 1. The van der Waals surface area contributed by atoms with Gasteiger partial charge in [-0.3, -0.25) is 0 Å².